The maximum absolute atomic E-state index is 4.09. The molecule has 4 heteroatoms. The van der Waals surface area contributed by atoms with Crippen molar-refractivity contribution < 1.29 is 0 Å². The third-order valence-electron chi connectivity index (χ3n) is 2.34. The van der Waals surface area contributed by atoms with Crippen LogP contribution in [0.2, 0.25) is 0 Å². The zero-order valence-corrected chi connectivity index (χ0v) is 8.64. The van der Waals surface area contributed by atoms with E-state index in [4.69, 9.17) is 0 Å². The van der Waals surface area contributed by atoms with Gasteiger partial charge in [0.05, 0.1) is 6.33 Å². The Morgan fingerprint density at radius 3 is 3.00 bits per heavy atom. The Labute approximate surface area is 88.8 Å². The van der Waals surface area contributed by atoms with Crippen LogP contribution in [0.4, 0.5) is 0 Å². The van der Waals surface area contributed by atoms with Crippen LogP contribution >= 0.6 is 0 Å². The molecule has 0 aliphatic rings. The predicted octanol–water partition coefficient (Wildman–Crippen LogP) is 1.66. The summed E-state index contributed by atoms with van der Waals surface area (Å²) in [6.07, 6.45) is 7.17. The maximum atomic E-state index is 4.09. The number of pyridine rings is 1. The molecule has 0 aliphatic carbocycles. The van der Waals surface area contributed by atoms with Gasteiger partial charge in [-0.2, -0.15) is 0 Å². The van der Waals surface area contributed by atoms with Gasteiger partial charge in [0.1, 0.15) is 0 Å². The highest BCUT2D eigenvalue weighted by Gasteiger charge is 2.04. The van der Waals surface area contributed by atoms with Crippen LogP contribution in [0.3, 0.4) is 0 Å². The van der Waals surface area contributed by atoms with Crippen molar-refractivity contribution in [2.24, 2.45) is 0 Å². The number of H-pyrrole nitrogens is 1. The summed E-state index contributed by atoms with van der Waals surface area (Å²) in [5.74, 6) is 0. The molecule has 2 aromatic rings. The molecular weight excluding hydrogens is 188 g/mol. The topological polar surface area (TPSA) is 53.6 Å². The van der Waals surface area contributed by atoms with Crippen molar-refractivity contribution in [1.29, 1.82) is 0 Å². The van der Waals surface area contributed by atoms with E-state index < -0.39 is 0 Å². The monoisotopic (exact) mass is 202 g/mol. The number of rotatable bonds is 4. The van der Waals surface area contributed by atoms with Gasteiger partial charge in [-0.1, -0.05) is 6.07 Å². The molecule has 0 saturated heterocycles. The summed E-state index contributed by atoms with van der Waals surface area (Å²) in [4.78, 5) is 11.1. The van der Waals surface area contributed by atoms with Crippen LogP contribution in [-0.4, -0.2) is 15.0 Å². The highest BCUT2D eigenvalue weighted by molar-refractivity contribution is 5.13. The molecule has 0 spiro atoms. The molecule has 0 aliphatic heterocycles. The normalized spacial score (nSPS) is 12.6. The second-order valence-electron chi connectivity index (χ2n) is 3.47. The maximum Gasteiger partial charge on any atom is 0.0922 e. The minimum absolute atomic E-state index is 0.294. The van der Waals surface area contributed by atoms with Crippen molar-refractivity contribution in [3.8, 4) is 0 Å². The zero-order valence-electron chi connectivity index (χ0n) is 8.64. The summed E-state index contributed by atoms with van der Waals surface area (Å²) in [6, 6.07) is 4.31. The van der Waals surface area contributed by atoms with E-state index >= 15 is 0 Å². The second-order valence-corrected chi connectivity index (χ2v) is 3.47. The summed E-state index contributed by atoms with van der Waals surface area (Å²) in [6.45, 7) is 2.91. The van der Waals surface area contributed by atoms with E-state index in [-0.39, 0.29) is 0 Å². The van der Waals surface area contributed by atoms with Gasteiger partial charge in [0, 0.05) is 36.9 Å². The molecule has 0 amide bonds. The number of nitrogens with zero attached hydrogens (tertiary/aromatic N) is 2. The molecule has 2 aromatic heterocycles. The lowest BCUT2D eigenvalue weighted by Gasteiger charge is -2.12. The Hall–Kier alpha value is -1.68. The first-order valence-electron chi connectivity index (χ1n) is 4.97. The first kappa shape index (κ1) is 9.86. The van der Waals surface area contributed by atoms with Gasteiger partial charge in [-0.05, 0) is 18.6 Å². The Bertz CT molecular complexity index is 382. The van der Waals surface area contributed by atoms with E-state index in [1.165, 1.54) is 5.56 Å². The molecule has 1 atom stereocenters. The molecule has 0 saturated carbocycles. The fraction of sp³-hybridized carbons (Fsp3) is 0.273. The van der Waals surface area contributed by atoms with Gasteiger partial charge in [0.2, 0.25) is 0 Å². The van der Waals surface area contributed by atoms with Crippen molar-refractivity contribution in [3.63, 3.8) is 0 Å². The van der Waals surface area contributed by atoms with Gasteiger partial charge in [-0.25, -0.2) is 4.98 Å². The third-order valence-corrected chi connectivity index (χ3v) is 2.34. The molecule has 78 valence electrons. The van der Waals surface area contributed by atoms with Crippen molar-refractivity contribution >= 4 is 0 Å². The molecule has 2 rings (SSSR count). The molecule has 15 heavy (non-hydrogen) atoms. The Kier molecular flexibility index (Phi) is 3.09. The van der Waals surface area contributed by atoms with Gasteiger partial charge < -0.3 is 10.3 Å². The van der Waals surface area contributed by atoms with E-state index in [0.717, 1.165) is 12.2 Å². The lowest BCUT2D eigenvalue weighted by Crippen LogP contribution is -2.18. The number of aromatic nitrogens is 3. The molecule has 0 aromatic carbocycles. The van der Waals surface area contributed by atoms with E-state index in [1.807, 2.05) is 18.5 Å². The molecule has 0 unspecified atom stereocenters. The van der Waals surface area contributed by atoms with Crippen LogP contribution in [0, 0.1) is 0 Å². The summed E-state index contributed by atoms with van der Waals surface area (Å²) in [5, 5.41) is 3.39. The van der Waals surface area contributed by atoms with Crippen molar-refractivity contribution in [2.45, 2.75) is 19.5 Å². The van der Waals surface area contributed by atoms with Crippen molar-refractivity contribution in [3.05, 3.63) is 48.3 Å². The fourth-order valence-electron chi connectivity index (χ4n) is 1.39. The van der Waals surface area contributed by atoms with Gasteiger partial charge in [-0.15, -0.1) is 0 Å². The van der Waals surface area contributed by atoms with Crippen LogP contribution in [0.1, 0.15) is 24.2 Å². The van der Waals surface area contributed by atoms with Crippen LogP contribution < -0.4 is 5.32 Å². The lowest BCUT2D eigenvalue weighted by atomic mass is 10.1. The SMILES string of the molecule is C[C@@H](NCc1cnc[nH]1)c1cccnc1. The standard InChI is InChI=1S/C11H14N4/c1-9(10-3-2-4-12-5-10)14-7-11-6-13-8-15-11/h2-6,8-9,14H,7H2,1H3,(H,13,15)/t9-/m1/s1. The van der Waals surface area contributed by atoms with E-state index in [1.54, 1.807) is 12.5 Å². The van der Waals surface area contributed by atoms with Crippen LogP contribution in [0.15, 0.2) is 37.1 Å². The quantitative estimate of drug-likeness (QED) is 0.792. The largest absolute Gasteiger partial charge is 0.347 e. The van der Waals surface area contributed by atoms with Crippen molar-refractivity contribution in [1.82, 2.24) is 20.3 Å². The second kappa shape index (κ2) is 4.70. The number of hydrogen-bond acceptors (Lipinski definition) is 3. The predicted molar refractivity (Wildman–Crippen MR) is 58.1 cm³/mol. The van der Waals surface area contributed by atoms with Crippen molar-refractivity contribution in [2.75, 3.05) is 0 Å². The number of nitrogens with one attached hydrogen (secondary N) is 2. The number of hydrogen-bond donors (Lipinski definition) is 2. The highest BCUT2D eigenvalue weighted by atomic mass is 15.0. The highest BCUT2D eigenvalue weighted by Crippen LogP contribution is 2.10. The summed E-state index contributed by atoms with van der Waals surface area (Å²) in [7, 11) is 0. The van der Waals surface area contributed by atoms with Gasteiger partial charge in [0.25, 0.3) is 0 Å². The average molecular weight is 202 g/mol. The Morgan fingerprint density at radius 1 is 1.40 bits per heavy atom. The van der Waals surface area contributed by atoms with Crippen LogP contribution in [0.5, 0.6) is 0 Å². The fourth-order valence-corrected chi connectivity index (χ4v) is 1.39. The van der Waals surface area contributed by atoms with E-state index in [9.17, 15) is 0 Å². The van der Waals surface area contributed by atoms with Crippen LogP contribution in [0.25, 0.3) is 0 Å². The molecule has 0 radical (unpaired) electrons. The molecular formula is C11H14N4. The Balaban J connectivity index is 1.90. The summed E-state index contributed by atoms with van der Waals surface area (Å²) in [5.41, 5.74) is 2.28. The molecule has 4 nitrogen and oxygen atoms in total. The first-order valence-corrected chi connectivity index (χ1v) is 4.97. The lowest BCUT2D eigenvalue weighted by molar-refractivity contribution is 0.567. The Morgan fingerprint density at radius 2 is 2.33 bits per heavy atom. The minimum atomic E-state index is 0.294. The molecule has 0 fully saturated rings. The molecule has 2 heterocycles. The van der Waals surface area contributed by atoms with Gasteiger partial charge in [0.15, 0.2) is 0 Å². The molecule has 0 bridgehead atoms. The minimum Gasteiger partial charge on any atom is -0.347 e. The van der Waals surface area contributed by atoms with E-state index in [0.29, 0.717) is 6.04 Å². The van der Waals surface area contributed by atoms with Crippen LogP contribution in [-0.2, 0) is 6.54 Å². The number of imidazole rings is 1. The zero-order chi connectivity index (χ0) is 10.5. The summed E-state index contributed by atoms with van der Waals surface area (Å²) < 4.78 is 0. The van der Waals surface area contributed by atoms with E-state index in [2.05, 4.69) is 33.3 Å². The molecule has 2 N–H and O–H groups in total. The summed E-state index contributed by atoms with van der Waals surface area (Å²) >= 11 is 0. The van der Waals surface area contributed by atoms with Gasteiger partial charge in [-0.3, -0.25) is 4.98 Å². The van der Waals surface area contributed by atoms with Gasteiger partial charge >= 0.3 is 0 Å². The average Bonchev–Trinajstić information content (AvgIpc) is 2.80. The first-order chi connectivity index (χ1) is 7.36. The smallest absolute Gasteiger partial charge is 0.0922 e. The third kappa shape index (κ3) is 2.63. The number of aromatic amines is 1.